The topological polar surface area (TPSA) is 53.8 Å². The highest BCUT2D eigenvalue weighted by Gasteiger charge is 2.23. The molecule has 78 valence electrons. The van der Waals surface area contributed by atoms with Gasteiger partial charge in [0.25, 0.3) is 11.7 Å². The second-order valence-electron chi connectivity index (χ2n) is 2.43. The molecule has 15 heavy (non-hydrogen) atoms. The molecule has 0 amide bonds. The van der Waals surface area contributed by atoms with Gasteiger partial charge in [-0.1, -0.05) is 0 Å². The maximum Gasteiger partial charge on any atom is 0.272 e. The summed E-state index contributed by atoms with van der Waals surface area (Å²) in [6, 6.07) is 1.52. The molecular weight excluding hydrogens is 340 g/mol. The minimum absolute atomic E-state index is 0.126. The summed E-state index contributed by atoms with van der Waals surface area (Å²) in [4.78, 5) is 14.4. The SMILES string of the molecule is N#Cc1c(C(=O)Cl)ncc(I)c1C(F)F. The average Bonchev–Trinajstić information content (AvgIpc) is 2.15. The lowest BCUT2D eigenvalue weighted by Crippen LogP contribution is -2.05. The fraction of sp³-hybridized carbons (Fsp3) is 0.125. The number of alkyl halides is 2. The molecule has 1 heterocycles. The summed E-state index contributed by atoms with van der Waals surface area (Å²) in [5.74, 6) is 0. The van der Waals surface area contributed by atoms with E-state index in [-0.39, 0.29) is 3.57 Å². The molecular formula is C8H2ClF2IN2O. The molecule has 0 N–H and O–H groups in total. The number of nitriles is 1. The first-order valence-corrected chi connectivity index (χ1v) is 5.01. The Morgan fingerprint density at radius 1 is 1.67 bits per heavy atom. The molecule has 0 aliphatic heterocycles. The minimum atomic E-state index is -2.84. The lowest BCUT2D eigenvalue weighted by Gasteiger charge is -2.07. The van der Waals surface area contributed by atoms with Crippen molar-refractivity contribution >= 4 is 39.4 Å². The lowest BCUT2D eigenvalue weighted by atomic mass is 10.1. The van der Waals surface area contributed by atoms with Crippen LogP contribution < -0.4 is 0 Å². The number of pyridine rings is 1. The highest BCUT2D eigenvalue weighted by molar-refractivity contribution is 14.1. The third kappa shape index (κ3) is 2.41. The van der Waals surface area contributed by atoms with Crippen LogP contribution in [0.4, 0.5) is 8.78 Å². The first-order valence-electron chi connectivity index (χ1n) is 3.55. The van der Waals surface area contributed by atoms with Gasteiger partial charge in [0, 0.05) is 9.77 Å². The molecule has 0 radical (unpaired) electrons. The van der Waals surface area contributed by atoms with E-state index in [1.54, 1.807) is 22.6 Å². The number of halogens is 4. The Kier molecular flexibility index (Phi) is 3.93. The standard InChI is InChI=1S/C8H2ClF2IN2O/c9-7(15)6-3(1-13)5(8(10)11)4(12)2-14-6/h2,8H. The predicted molar refractivity (Wildman–Crippen MR) is 56.8 cm³/mol. The van der Waals surface area contributed by atoms with Crippen LogP contribution in [0.3, 0.4) is 0 Å². The van der Waals surface area contributed by atoms with E-state index in [2.05, 4.69) is 4.98 Å². The van der Waals surface area contributed by atoms with Gasteiger partial charge < -0.3 is 0 Å². The molecule has 7 heteroatoms. The van der Waals surface area contributed by atoms with E-state index >= 15 is 0 Å². The monoisotopic (exact) mass is 342 g/mol. The smallest absolute Gasteiger partial charge is 0.272 e. The molecule has 0 bridgehead atoms. The largest absolute Gasteiger partial charge is 0.274 e. The normalized spacial score (nSPS) is 10.1. The molecule has 0 saturated heterocycles. The number of hydrogen-bond donors (Lipinski definition) is 0. The van der Waals surface area contributed by atoms with Crippen LogP contribution in [0.5, 0.6) is 0 Å². The summed E-state index contributed by atoms with van der Waals surface area (Å²) < 4.78 is 25.3. The van der Waals surface area contributed by atoms with Gasteiger partial charge in [-0.3, -0.25) is 4.79 Å². The lowest BCUT2D eigenvalue weighted by molar-refractivity contribution is 0.107. The van der Waals surface area contributed by atoms with Crippen LogP contribution in [0.15, 0.2) is 6.20 Å². The predicted octanol–water partition coefficient (Wildman–Crippen LogP) is 2.87. The molecule has 0 aromatic carbocycles. The Hall–Kier alpha value is -0.810. The van der Waals surface area contributed by atoms with E-state index < -0.39 is 28.5 Å². The Morgan fingerprint density at radius 3 is 2.67 bits per heavy atom. The summed E-state index contributed by atoms with van der Waals surface area (Å²) in [5, 5.41) is 7.66. The van der Waals surface area contributed by atoms with Crippen molar-refractivity contribution in [1.29, 1.82) is 5.26 Å². The Morgan fingerprint density at radius 2 is 2.27 bits per heavy atom. The van der Waals surface area contributed by atoms with Gasteiger partial charge in [0.05, 0.1) is 11.1 Å². The Bertz CT molecular complexity index is 459. The van der Waals surface area contributed by atoms with Crippen LogP contribution in [0.25, 0.3) is 0 Å². The van der Waals surface area contributed by atoms with E-state index in [9.17, 15) is 13.6 Å². The molecule has 1 rings (SSSR count). The first-order chi connectivity index (χ1) is 6.99. The zero-order chi connectivity index (χ0) is 11.6. The van der Waals surface area contributed by atoms with Gasteiger partial charge in [0.2, 0.25) is 0 Å². The molecule has 0 saturated carbocycles. The van der Waals surface area contributed by atoms with Crippen LogP contribution in [0.2, 0.25) is 0 Å². The van der Waals surface area contributed by atoms with Crippen molar-refractivity contribution in [1.82, 2.24) is 4.98 Å². The third-order valence-electron chi connectivity index (χ3n) is 1.59. The second-order valence-corrected chi connectivity index (χ2v) is 3.94. The van der Waals surface area contributed by atoms with Gasteiger partial charge in [0.15, 0.2) is 0 Å². The number of hydrogen-bond acceptors (Lipinski definition) is 3. The molecule has 0 aliphatic carbocycles. The quantitative estimate of drug-likeness (QED) is 0.613. The maximum atomic E-state index is 12.6. The average molecular weight is 342 g/mol. The van der Waals surface area contributed by atoms with Crippen molar-refractivity contribution in [2.24, 2.45) is 0 Å². The first kappa shape index (κ1) is 12.3. The maximum absolute atomic E-state index is 12.6. The van der Waals surface area contributed by atoms with E-state index in [1.165, 1.54) is 6.07 Å². The zero-order valence-electron chi connectivity index (χ0n) is 6.97. The number of rotatable bonds is 2. The number of carbonyl (C=O) groups excluding carboxylic acids is 1. The zero-order valence-corrected chi connectivity index (χ0v) is 9.88. The van der Waals surface area contributed by atoms with E-state index in [0.29, 0.717) is 0 Å². The third-order valence-corrected chi connectivity index (χ3v) is 2.63. The molecule has 0 aliphatic rings. The van der Waals surface area contributed by atoms with Crippen LogP contribution >= 0.6 is 34.2 Å². The summed E-state index contributed by atoms with van der Waals surface area (Å²) in [6.07, 6.45) is -1.76. The van der Waals surface area contributed by atoms with Gasteiger partial charge in [-0.05, 0) is 34.2 Å². The van der Waals surface area contributed by atoms with Crippen LogP contribution in [0.1, 0.15) is 28.0 Å². The molecule has 0 spiro atoms. The van der Waals surface area contributed by atoms with Gasteiger partial charge in [0.1, 0.15) is 11.8 Å². The summed E-state index contributed by atoms with van der Waals surface area (Å²) in [6.45, 7) is 0. The number of aromatic nitrogens is 1. The van der Waals surface area contributed by atoms with Gasteiger partial charge >= 0.3 is 0 Å². The Balaban J connectivity index is 3.56. The van der Waals surface area contributed by atoms with Crippen molar-refractivity contribution in [2.75, 3.05) is 0 Å². The van der Waals surface area contributed by atoms with Crippen molar-refractivity contribution in [2.45, 2.75) is 6.43 Å². The van der Waals surface area contributed by atoms with Crippen LogP contribution in [0, 0.1) is 14.9 Å². The molecule has 3 nitrogen and oxygen atoms in total. The van der Waals surface area contributed by atoms with Gasteiger partial charge in [-0.25, -0.2) is 13.8 Å². The summed E-state index contributed by atoms with van der Waals surface area (Å²) in [5.41, 5.74) is -1.40. The molecule has 1 aromatic rings. The van der Waals surface area contributed by atoms with Crippen LogP contribution in [-0.2, 0) is 0 Å². The highest BCUT2D eigenvalue weighted by atomic mass is 127. The van der Waals surface area contributed by atoms with Crippen molar-refractivity contribution in [3.05, 3.63) is 26.6 Å². The fourth-order valence-electron chi connectivity index (χ4n) is 0.978. The van der Waals surface area contributed by atoms with Gasteiger partial charge in [-0.15, -0.1) is 0 Å². The van der Waals surface area contributed by atoms with E-state index in [4.69, 9.17) is 16.9 Å². The molecule has 0 fully saturated rings. The molecule has 0 atom stereocenters. The van der Waals surface area contributed by atoms with Gasteiger partial charge in [-0.2, -0.15) is 5.26 Å². The highest BCUT2D eigenvalue weighted by Crippen LogP contribution is 2.29. The summed E-state index contributed by atoms with van der Waals surface area (Å²) >= 11 is 6.73. The van der Waals surface area contributed by atoms with Crippen LogP contribution in [-0.4, -0.2) is 10.2 Å². The molecule has 1 aromatic heterocycles. The van der Waals surface area contributed by atoms with E-state index in [1.807, 2.05) is 0 Å². The van der Waals surface area contributed by atoms with Crippen molar-refractivity contribution in [3.63, 3.8) is 0 Å². The molecule has 0 unspecified atom stereocenters. The summed E-state index contributed by atoms with van der Waals surface area (Å²) in [7, 11) is 0. The van der Waals surface area contributed by atoms with E-state index in [0.717, 1.165) is 6.20 Å². The van der Waals surface area contributed by atoms with Crippen molar-refractivity contribution in [3.8, 4) is 6.07 Å². The number of carbonyl (C=O) groups is 1. The minimum Gasteiger partial charge on any atom is -0.274 e. The fourth-order valence-corrected chi connectivity index (χ4v) is 1.77. The Labute approximate surface area is 102 Å². The van der Waals surface area contributed by atoms with Crippen molar-refractivity contribution < 1.29 is 13.6 Å². The number of nitrogens with zero attached hydrogens (tertiary/aromatic N) is 2. The second kappa shape index (κ2) is 4.81.